The van der Waals surface area contributed by atoms with Gasteiger partial charge in [-0.2, -0.15) is 0 Å². The van der Waals surface area contributed by atoms with Gasteiger partial charge in [0.15, 0.2) is 0 Å². The van der Waals surface area contributed by atoms with Crippen LogP contribution in [-0.4, -0.2) is 0 Å². The summed E-state index contributed by atoms with van der Waals surface area (Å²) in [4.78, 5) is 1.12. The molecule has 11 heavy (non-hydrogen) atoms. The van der Waals surface area contributed by atoms with Gasteiger partial charge >= 0.3 is 0 Å². The van der Waals surface area contributed by atoms with Crippen LogP contribution in [0.4, 0.5) is 0 Å². The smallest absolute Gasteiger partial charge is 0.0487 e. The standard InChI is InChI=1S/C9H6BrS/c1-6-5-7-3-2-4-8(10)9(7)11-6/h2-5H,1H2. The molecule has 0 N–H and O–H groups in total. The summed E-state index contributed by atoms with van der Waals surface area (Å²) < 4.78 is 2.45. The fraction of sp³-hybridized carbons (Fsp3) is 0. The van der Waals surface area contributed by atoms with Crippen LogP contribution in [0.25, 0.3) is 10.1 Å². The Morgan fingerprint density at radius 1 is 1.36 bits per heavy atom. The molecule has 0 fully saturated rings. The molecule has 0 saturated heterocycles. The van der Waals surface area contributed by atoms with Crippen LogP contribution in [0.3, 0.4) is 0 Å². The number of thiophene rings is 1. The van der Waals surface area contributed by atoms with E-state index in [4.69, 9.17) is 0 Å². The van der Waals surface area contributed by atoms with E-state index in [0.29, 0.717) is 0 Å². The minimum Gasteiger partial charge on any atom is -0.139 e. The molecule has 0 amide bonds. The highest BCUT2D eigenvalue weighted by Crippen LogP contribution is 2.31. The van der Waals surface area contributed by atoms with Crippen molar-refractivity contribution in [3.63, 3.8) is 0 Å². The van der Waals surface area contributed by atoms with Crippen LogP contribution in [-0.2, 0) is 0 Å². The Kier molecular flexibility index (Phi) is 1.74. The number of benzene rings is 1. The third-order valence-electron chi connectivity index (χ3n) is 1.55. The van der Waals surface area contributed by atoms with Crippen molar-refractivity contribution < 1.29 is 0 Å². The molecule has 2 rings (SSSR count). The summed E-state index contributed by atoms with van der Waals surface area (Å²) >= 11 is 5.21. The van der Waals surface area contributed by atoms with Crippen molar-refractivity contribution in [2.45, 2.75) is 0 Å². The van der Waals surface area contributed by atoms with Gasteiger partial charge in [0.05, 0.1) is 0 Å². The zero-order chi connectivity index (χ0) is 7.84. The molecule has 1 aromatic heterocycles. The van der Waals surface area contributed by atoms with Crippen molar-refractivity contribution in [1.82, 2.24) is 0 Å². The Labute approximate surface area is 78.0 Å². The second kappa shape index (κ2) is 2.61. The Morgan fingerprint density at radius 2 is 2.18 bits per heavy atom. The molecule has 0 atom stereocenters. The van der Waals surface area contributed by atoms with Gasteiger partial charge in [0.1, 0.15) is 0 Å². The molecule has 1 radical (unpaired) electrons. The molecular weight excluding hydrogens is 220 g/mol. The van der Waals surface area contributed by atoms with E-state index in [9.17, 15) is 0 Å². The highest BCUT2D eigenvalue weighted by molar-refractivity contribution is 9.10. The molecule has 55 valence electrons. The second-order valence-corrected chi connectivity index (χ2v) is 4.36. The van der Waals surface area contributed by atoms with Gasteiger partial charge < -0.3 is 0 Å². The van der Waals surface area contributed by atoms with Crippen LogP contribution >= 0.6 is 27.3 Å². The molecule has 0 spiro atoms. The predicted molar refractivity (Wildman–Crippen MR) is 54.0 cm³/mol. The highest BCUT2D eigenvalue weighted by Gasteiger charge is 2.00. The van der Waals surface area contributed by atoms with Crippen LogP contribution < -0.4 is 0 Å². The molecule has 0 aliphatic heterocycles. The van der Waals surface area contributed by atoms with Crippen molar-refractivity contribution in [1.29, 1.82) is 0 Å². The molecule has 1 heterocycles. The summed E-state index contributed by atoms with van der Waals surface area (Å²) in [5.41, 5.74) is 0. The van der Waals surface area contributed by atoms with Gasteiger partial charge in [-0.25, -0.2) is 0 Å². The highest BCUT2D eigenvalue weighted by atomic mass is 79.9. The van der Waals surface area contributed by atoms with Crippen LogP contribution in [0.5, 0.6) is 0 Å². The summed E-state index contributed by atoms with van der Waals surface area (Å²) in [5, 5.41) is 1.27. The normalized spacial score (nSPS) is 10.7. The third-order valence-corrected chi connectivity index (χ3v) is 3.51. The lowest BCUT2D eigenvalue weighted by Gasteiger charge is -1.89. The van der Waals surface area contributed by atoms with Crippen molar-refractivity contribution in [2.75, 3.05) is 0 Å². The quantitative estimate of drug-likeness (QED) is 0.640. The van der Waals surface area contributed by atoms with Gasteiger partial charge in [0, 0.05) is 14.0 Å². The molecule has 0 saturated carbocycles. The number of hydrogen-bond acceptors (Lipinski definition) is 1. The first kappa shape index (κ1) is 7.32. The molecule has 0 aliphatic carbocycles. The maximum atomic E-state index is 3.90. The van der Waals surface area contributed by atoms with E-state index in [1.165, 1.54) is 10.1 Å². The van der Waals surface area contributed by atoms with E-state index < -0.39 is 0 Å². The topological polar surface area (TPSA) is 0 Å². The van der Waals surface area contributed by atoms with Crippen LogP contribution in [0.1, 0.15) is 4.88 Å². The first-order chi connectivity index (χ1) is 5.27. The van der Waals surface area contributed by atoms with Crippen molar-refractivity contribution in [3.05, 3.63) is 40.5 Å². The summed E-state index contributed by atoms with van der Waals surface area (Å²) in [6.45, 7) is 3.90. The van der Waals surface area contributed by atoms with Crippen molar-refractivity contribution >= 4 is 37.4 Å². The average Bonchev–Trinajstić information content (AvgIpc) is 2.31. The van der Waals surface area contributed by atoms with Crippen LogP contribution in [0.2, 0.25) is 0 Å². The van der Waals surface area contributed by atoms with Gasteiger partial charge in [-0.05, 0) is 40.4 Å². The first-order valence-electron chi connectivity index (χ1n) is 3.27. The van der Waals surface area contributed by atoms with Crippen LogP contribution in [0, 0.1) is 6.92 Å². The number of hydrogen-bond donors (Lipinski definition) is 0. The minimum absolute atomic E-state index is 1.12. The van der Waals surface area contributed by atoms with E-state index in [-0.39, 0.29) is 0 Å². The van der Waals surface area contributed by atoms with Gasteiger partial charge in [-0.15, -0.1) is 11.3 Å². The fourth-order valence-electron chi connectivity index (χ4n) is 1.08. The van der Waals surface area contributed by atoms with Gasteiger partial charge in [0.25, 0.3) is 0 Å². The lowest BCUT2D eigenvalue weighted by Crippen LogP contribution is -1.62. The largest absolute Gasteiger partial charge is 0.139 e. The van der Waals surface area contributed by atoms with Gasteiger partial charge in [-0.3, -0.25) is 0 Å². The summed E-state index contributed by atoms with van der Waals surface area (Å²) in [6, 6.07) is 8.30. The zero-order valence-corrected chi connectivity index (χ0v) is 8.21. The Hall–Kier alpha value is -0.340. The van der Waals surface area contributed by atoms with E-state index in [2.05, 4.69) is 41.1 Å². The molecule has 2 aromatic rings. The first-order valence-corrected chi connectivity index (χ1v) is 4.88. The fourth-order valence-corrected chi connectivity index (χ4v) is 2.56. The van der Waals surface area contributed by atoms with Crippen LogP contribution in [0.15, 0.2) is 28.7 Å². The Morgan fingerprint density at radius 3 is 2.91 bits per heavy atom. The van der Waals surface area contributed by atoms with Crippen molar-refractivity contribution in [3.8, 4) is 0 Å². The van der Waals surface area contributed by atoms with E-state index in [1.54, 1.807) is 11.3 Å². The van der Waals surface area contributed by atoms with Gasteiger partial charge in [0.2, 0.25) is 0 Å². The summed E-state index contributed by atoms with van der Waals surface area (Å²) in [5.74, 6) is 0. The lowest BCUT2D eigenvalue weighted by molar-refractivity contribution is 1.79. The predicted octanol–water partition coefficient (Wildman–Crippen LogP) is 3.85. The molecular formula is C9H6BrS. The molecule has 1 aromatic carbocycles. The number of halogens is 1. The average molecular weight is 226 g/mol. The SMILES string of the molecule is [CH2]c1cc2cccc(Br)c2s1. The number of fused-ring (bicyclic) bond motifs is 1. The zero-order valence-electron chi connectivity index (χ0n) is 5.80. The second-order valence-electron chi connectivity index (χ2n) is 2.37. The number of rotatable bonds is 0. The molecule has 0 nitrogen and oxygen atoms in total. The van der Waals surface area contributed by atoms with E-state index in [0.717, 1.165) is 9.35 Å². The maximum absolute atomic E-state index is 3.90. The Bertz CT molecular complexity index is 389. The van der Waals surface area contributed by atoms with E-state index in [1.807, 2.05) is 6.07 Å². The minimum atomic E-state index is 1.12. The van der Waals surface area contributed by atoms with Crippen molar-refractivity contribution in [2.24, 2.45) is 0 Å². The molecule has 0 aliphatic rings. The summed E-state index contributed by atoms with van der Waals surface area (Å²) in [6.07, 6.45) is 0. The Balaban J connectivity index is 2.90. The molecule has 0 bridgehead atoms. The van der Waals surface area contributed by atoms with E-state index >= 15 is 0 Å². The molecule has 0 unspecified atom stereocenters. The third kappa shape index (κ3) is 1.21. The maximum Gasteiger partial charge on any atom is 0.0487 e. The lowest BCUT2D eigenvalue weighted by atomic mass is 10.2. The molecule has 2 heteroatoms. The van der Waals surface area contributed by atoms with Gasteiger partial charge in [-0.1, -0.05) is 12.1 Å². The monoisotopic (exact) mass is 225 g/mol. The summed E-state index contributed by atoms with van der Waals surface area (Å²) in [7, 11) is 0.